The molecule has 9 heteroatoms. The summed E-state index contributed by atoms with van der Waals surface area (Å²) in [6.07, 6.45) is 0. The van der Waals surface area contributed by atoms with E-state index < -0.39 is 0 Å². The molecular formula is C6CoFeMnN6-4. The van der Waals surface area contributed by atoms with Gasteiger partial charge in [0.25, 0.3) is 0 Å². The van der Waals surface area contributed by atoms with Gasteiger partial charge in [-0.3, -0.25) is 0 Å². The van der Waals surface area contributed by atoms with Crippen LogP contribution < -0.4 is 0 Å². The van der Waals surface area contributed by atoms with Crippen molar-refractivity contribution in [1.82, 2.24) is 0 Å². The Hall–Kier alpha value is -1.51. The van der Waals surface area contributed by atoms with Gasteiger partial charge in [-0.2, -0.15) is 0 Å². The summed E-state index contributed by atoms with van der Waals surface area (Å²) in [5, 5.41) is 37.5. The topological polar surface area (TPSA) is 143 Å². The van der Waals surface area contributed by atoms with E-state index in [0.717, 1.165) is 0 Å². The summed E-state index contributed by atoms with van der Waals surface area (Å²) in [6.45, 7) is 28.5. The van der Waals surface area contributed by atoms with Gasteiger partial charge in [-0.1, -0.05) is 0 Å². The first kappa shape index (κ1) is 69.9. The van der Waals surface area contributed by atoms with Crippen molar-refractivity contribution in [3.05, 3.63) is 39.4 Å². The van der Waals surface area contributed by atoms with E-state index in [4.69, 9.17) is 71.0 Å². The first-order valence-electron chi connectivity index (χ1n) is 1.46. The molecule has 0 saturated carbocycles. The molecule has 0 bridgehead atoms. The Labute approximate surface area is 115 Å². The predicted octanol–water partition coefficient (Wildman–Crippen LogP) is 0.571. The zero-order valence-corrected chi connectivity index (χ0v) is 10.1. The summed E-state index contributed by atoms with van der Waals surface area (Å²) in [6, 6.07) is 0. The van der Waals surface area contributed by atoms with Gasteiger partial charge in [-0.05, 0) is 0 Å². The van der Waals surface area contributed by atoms with Crippen LogP contribution in [0.25, 0.3) is 0 Å². The Morgan fingerprint density at radius 1 is 0.467 bits per heavy atom. The molecule has 0 aromatic carbocycles. The van der Waals surface area contributed by atoms with E-state index in [1.807, 2.05) is 0 Å². The Morgan fingerprint density at radius 2 is 0.467 bits per heavy atom. The summed E-state index contributed by atoms with van der Waals surface area (Å²) in [4.78, 5) is 0. The third kappa shape index (κ3) is 598. The first-order valence-corrected chi connectivity index (χ1v) is 3.35. The molecular weight excluding hydrogens is 326 g/mol. The zero-order chi connectivity index (χ0) is 14.0. The van der Waals surface area contributed by atoms with E-state index in [9.17, 15) is 0 Å². The predicted molar refractivity (Wildman–Crippen MR) is 29.8 cm³/mol. The van der Waals surface area contributed by atoms with Crippen molar-refractivity contribution >= 4 is 0 Å². The molecule has 0 aliphatic carbocycles. The van der Waals surface area contributed by atoms with Crippen molar-refractivity contribution in [2.45, 2.75) is 0 Å². The van der Waals surface area contributed by atoms with Crippen LogP contribution >= 0.6 is 0 Å². The third-order valence-corrected chi connectivity index (χ3v) is 0. The van der Waals surface area contributed by atoms with E-state index in [0.29, 0.717) is 0 Å². The molecule has 82 valence electrons. The second-order valence-electron chi connectivity index (χ2n) is 0. The van der Waals surface area contributed by atoms with Gasteiger partial charge in [0.05, 0.1) is 0 Å². The zero-order valence-electron chi connectivity index (χ0n) is 6.75. The van der Waals surface area contributed by atoms with Gasteiger partial charge in [0.1, 0.15) is 0 Å². The average molecular weight is 326 g/mol. The van der Waals surface area contributed by atoms with Gasteiger partial charge in [0.15, 0.2) is 0 Å². The van der Waals surface area contributed by atoms with Crippen LogP contribution in [0, 0.1) is 71.0 Å². The second kappa shape index (κ2) is 718. The fraction of sp³-hybridized carbons (Fsp3) is 0. The second-order valence-corrected chi connectivity index (χ2v) is 0. The van der Waals surface area contributed by atoms with E-state index in [-0.39, 0.29) is 17.1 Å². The maximum Gasteiger partial charge on any atom is 2.00 e. The molecule has 0 atom stereocenters. The summed E-state index contributed by atoms with van der Waals surface area (Å²) in [5.41, 5.74) is 0. The standard InChI is InChI=1S/6CN.Co.Fe.Mn/c6*1-2;;;/q6*-1;;;+2. The quantitative estimate of drug-likeness (QED) is 0.470. The molecule has 1 radical (unpaired) electrons. The Kier molecular flexibility index (Phi) is 3340. The minimum Gasteiger partial charge on any atom is 2.00 e. The number of hydrogen-bond donors (Lipinski definition) is 0. The molecule has 0 aliphatic rings. The molecule has 0 unspecified atom stereocenters. The van der Waals surface area contributed by atoms with Crippen LogP contribution in [0.4, 0.5) is 0 Å². The van der Waals surface area contributed by atoms with E-state index in [2.05, 4.69) is 27.1 Å². The molecule has 0 spiro atoms. The summed E-state index contributed by atoms with van der Waals surface area (Å²) < 4.78 is 0. The molecule has 15 heavy (non-hydrogen) atoms. The van der Waals surface area contributed by atoms with Crippen molar-refractivity contribution in [3.63, 3.8) is 0 Å². The summed E-state index contributed by atoms with van der Waals surface area (Å²) in [7, 11) is 0. The maximum absolute atomic E-state index is 6.25. The van der Waals surface area contributed by atoms with Crippen molar-refractivity contribution in [3.8, 4) is 0 Å². The molecule has 6 nitrogen and oxygen atoms in total. The molecule has 0 amide bonds. The van der Waals surface area contributed by atoms with Gasteiger partial charge in [-0.15, -0.1) is 0 Å². The number of hydrogen-bond acceptors (Lipinski definition) is 6. The molecule has 0 heterocycles. The van der Waals surface area contributed by atoms with Gasteiger partial charge in [0, 0.05) is 0 Å². The van der Waals surface area contributed by atoms with Crippen LogP contribution in [0.3, 0.4) is 0 Å². The Morgan fingerprint density at radius 3 is 0.467 bits per heavy atom. The summed E-state index contributed by atoms with van der Waals surface area (Å²) in [5.74, 6) is 0. The number of rotatable bonds is 0. The van der Waals surface area contributed by atoms with E-state index in [1.54, 1.807) is 0 Å². The van der Waals surface area contributed by atoms with Gasteiger partial charge in [0.2, 0.25) is 0 Å². The van der Waals surface area contributed by atoms with Crippen LogP contribution in [0.5, 0.6) is 0 Å². The molecule has 0 rings (SSSR count). The smallest absolute Gasteiger partial charge is 2.00 e. The Balaban J connectivity index is -0.00000000628. The maximum atomic E-state index is 6.25. The van der Waals surface area contributed by atoms with Gasteiger partial charge < -0.3 is 71.0 Å². The van der Waals surface area contributed by atoms with Crippen molar-refractivity contribution < 1.29 is 44.2 Å². The van der Waals surface area contributed by atoms with Crippen LogP contribution in [-0.4, -0.2) is 0 Å². The van der Waals surface area contributed by atoms with E-state index in [1.165, 1.54) is 0 Å². The minimum atomic E-state index is 0. The van der Waals surface area contributed by atoms with Gasteiger partial charge in [-0.25, -0.2) is 0 Å². The SMILES string of the molecule is [C-]#N.[C-]#N.[C-]#N.[C-]#N.[C-]#N.[C-]#N.[Fe]=[Co].[Mn+2]. The largest absolute Gasteiger partial charge is 2.00 e. The van der Waals surface area contributed by atoms with Crippen molar-refractivity contribution in [2.24, 2.45) is 0 Å². The van der Waals surface area contributed by atoms with Crippen molar-refractivity contribution in [2.75, 3.05) is 0 Å². The summed E-state index contributed by atoms with van der Waals surface area (Å²) >= 11 is 6.25. The molecule has 0 aromatic rings. The normalized spacial score (nSPS) is 1.20. The van der Waals surface area contributed by atoms with Crippen molar-refractivity contribution in [1.29, 1.82) is 31.6 Å². The third-order valence-electron chi connectivity index (χ3n) is 0. The monoisotopic (exact) mass is 326 g/mol. The number of nitrogens with zero attached hydrogens (tertiary/aromatic N) is 6. The Bertz CT molecular complexity index is 114. The fourth-order valence-corrected chi connectivity index (χ4v) is 0. The average Bonchev–Trinajstić information content (AvgIpc) is 2.45. The van der Waals surface area contributed by atoms with Gasteiger partial charge >= 0.3 is 44.2 Å². The van der Waals surface area contributed by atoms with Crippen LogP contribution in [-0.2, 0) is 44.2 Å². The molecule has 0 aliphatic heterocycles. The fourth-order valence-electron chi connectivity index (χ4n) is 0. The molecule has 0 fully saturated rings. The van der Waals surface area contributed by atoms with Crippen LogP contribution in [0.15, 0.2) is 0 Å². The van der Waals surface area contributed by atoms with Crippen LogP contribution in [0.1, 0.15) is 0 Å². The first-order chi connectivity index (χ1) is 7.00. The van der Waals surface area contributed by atoms with Crippen LogP contribution in [0.2, 0.25) is 0 Å². The molecule has 0 saturated heterocycles. The molecule has 0 aromatic heterocycles. The van der Waals surface area contributed by atoms with E-state index >= 15 is 0 Å². The molecule has 0 N–H and O–H groups in total. The minimum absolute atomic E-state index is 0.